The maximum Gasteiger partial charge on any atom is 0.142 e. The van der Waals surface area contributed by atoms with Crippen LogP contribution in [0.3, 0.4) is 0 Å². The van der Waals surface area contributed by atoms with Gasteiger partial charge in [-0.1, -0.05) is 46.1 Å². The van der Waals surface area contributed by atoms with Gasteiger partial charge in [-0.15, -0.1) is 0 Å². The molecule has 0 spiro atoms. The Kier molecular flexibility index (Phi) is 19.2. The molecule has 0 saturated carbocycles. The van der Waals surface area contributed by atoms with Crippen molar-refractivity contribution in [3.05, 3.63) is 12.2 Å². The lowest BCUT2D eigenvalue weighted by atomic mass is 10.3. The predicted octanol–water partition coefficient (Wildman–Crippen LogP) is 3.35. The molecule has 11 heavy (non-hydrogen) atoms. The predicted molar refractivity (Wildman–Crippen MR) is 50.7 cm³/mol. The molecule has 1 nitrogen and oxygen atoms in total. The van der Waals surface area contributed by atoms with Crippen molar-refractivity contribution in [3.63, 3.8) is 0 Å². The monoisotopic (exact) mass is 156 g/mol. The van der Waals surface area contributed by atoms with Gasteiger partial charge in [0.2, 0.25) is 0 Å². The van der Waals surface area contributed by atoms with Crippen LogP contribution >= 0.6 is 0 Å². The van der Waals surface area contributed by atoms with Gasteiger partial charge in [0.15, 0.2) is 0 Å². The third kappa shape index (κ3) is 26.6. The standard InChI is InChI=1S/C6H10O.C4H10/c1-2-3-4-5-6-7;1-3-4-2/h4-6H,2-3H2,1H3;3-4H2,1-2H3/b5-4+;. The molecule has 0 atom stereocenters. The lowest BCUT2D eigenvalue weighted by Crippen LogP contribution is -1.61. The number of carbonyl (C=O) groups is 1. The highest BCUT2D eigenvalue weighted by atomic mass is 16.1. The Hall–Kier alpha value is -0.590. The molecule has 0 N–H and O–H groups in total. The summed E-state index contributed by atoms with van der Waals surface area (Å²) in [5, 5.41) is 0. The SMILES string of the molecule is CCC/C=C/C=O.CCCC. The van der Waals surface area contributed by atoms with E-state index in [1.807, 2.05) is 6.08 Å². The molecule has 0 aromatic rings. The topological polar surface area (TPSA) is 17.1 Å². The van der Waals surface area contributed by atoms with E-state index < -0.39 is 0 Å². The molecule has 66 valence electrons. The third-order valence-electron chi connectivity index (χ3n) is 1.17. The van der Waals surface area contributed by atoms with Crippen LogP contribution < -0.4 is 0 Å². The van der Waals surface area contributed by atoms with E-state index in [9.17, 15) is 4.79 Å². The first kappa shape index (κ1) is 13.0. The average molecular weight is 156 g/mol. The molecule has 0 aromatic heterocycles. The number of unbranched alkanes of at least 4 members (excludes halogenated alkanes) is 2. The van der Waals surface area contributed by atoms with E-state index in [1.54, 1.807) is 0 Å². The van der Waals surface area contributed by atoms with Crippen molar-refractivity contribution in [2.24, 2.45) is 0 Å². The number of hydrogen-bond acceptors (Lipinski definition) is 1. The van der Waals surface area contributed by atoms with Gasteiger partial charge in [-0.2, -0.15) is 0 Å². The smallest absolute Gasteiger partial charge is 0.142 e. The molecular weight excluding hydrogens is 136 g/mol. The van der Waals surface area contributed by atoms with Gasteiger partial charge in [0.05, 0.1) is 0 Å². The fourth-order valence-electron chi connectivity index (χ4n) is 0.318. The van der Waals surface area contributed by atoms with Gasteiger partial charge in [0, 0.05) is 0 Å². The molecule has 0 fully saturated rings. The average Bonchev–Trinajstić information content (AvgIpc) is 2.06. The lowest BCUT2D eigenvalue weighted by molar-refractivity contribution is -0.104. The molecule has 0 amide bonds. The fourth-order valence-corrected chi connectivity index (χ4v) is 0.318. The summed E-state index contributed by atoms with van der Waals surface area (Å²) in [5.74, 6) is 0. The minimum Gasteiger partial charge on any atom is -0.299 e. The molecular formula is C10H20O. The van der Waals surface area contributed by atoms with Gasteiger partial charge in [0.1, 0.15) is 6.29 Å². The number of rotatable bonds is 4. The van der Waals surface area contributed by atoms with Crippen molar-refractivity contribution < 1.29 is 4.79 Å². The van der Waals surface area contributed by atoms with Crippen molar-refractivity contribution in [1.82, 2.24) is 0 Å². The van der Waals surface area contributed by atoms with E-state index in [0.29, 0.717) is 0 Å². The Morgan fingerprint density at radius 3 is 1.82 bits per heavy atom. The summed E-state index contributed by atoms with van der Waals surface area (Å²) in [5.41, 5.74) is 0. The summed E-state index contributed by atoms with van der Waals surface area (Å²) < 4.78 is 0. The molecule has 0 aliphatic rings. The Bertz CT molecular complexity index is 82.9. The number of hydrogen-bond donors (Lipinski definition) is 0. The molecule has 0 aromatic carbocycles. The van der Waals surface area contributed by atoms with Gasteiger partial charge in [-0.25, -0.2) is 0 Å². The van der Waals surface area contributed by atoms with Crippen LogP contribution in [0.4, 0.5) is 0 Å². The number of aldehydes is 1. The second-order valence-electron chi connectivity index (χ2n) is 2.35. The minimum atomic E-state index is 0.801. The highest BCUT2D eigenvalue weighted by Crippen LogP contribution is 1.85. The highest BCUT2D eigenvalue weighted by molar-refractivity contribution is 5.64. The fraction of sp³-hybridized carbons (Fsp3) is 0.700. The van der Waals surface area contributed by atoms with E-state index in [2.05, 4.69) is 20.8 Å². The summed E-state index contributed by atoms with van der Waals surface area (Å²) in [6.45, 7) is 6.44. The highest BCUT2D eigenvalue weighted by Gasteiger charge is 1.67. The van der Waals surface area contributed by atoms with Crippen molar-refractivity contribution >= 4 is 6.29 Å². The minimum absolute atomic E-state index is 0.801. The van der Waals surface area contributed by atoms with Crippen molar-refractivity contribution in [2.45, 2.75) is 46.5 Å². The van der Waals surface area contributed by atoms with Crippen molar-refractivity contribution in [2.75, 3.05) is 0 Å². The first-order valence-corrected chi connectivity index (χ1v) is 4.43. The van der Waals surface area contributed by atoms with E-state index in [4.69, 9.17) is 0 Å². The van der Waals surface area contributed by atoms with Crippen LogP contribution in [-0.4, -0.2) is 6.29 Å². The van der Waals surface area contributed by atoms with Crippen LogP contribution in [-0.2, 0) is 4.79 Å². The quantitative estimate of drug-likeness (QED) is 0.450. The van der Waals surface area contributed by atoms with Crippen LogP contribution in [0.25, 0.3) is 0 Å². The molecule has 0 rings (SSSR count). The maximum absolute atomic E-state index is 9.59. The molecule has 0 bridgehead atoms. The summed E-state index contributed by atoms with van der Waals surface area (Å²) in [7, 11) is 0. The molecule has 0 unspecified atom stereocenters. The lowest BCUT2D eigenvalue weighted by Gasteiger charge is -1.76. The summed E-state index contributed by atoms with van der Waals surface area (Å²) in [6.07, 6.45) is 8.97. The molecule has 0 aliphatic carbocycles. The Labute approximate surface area is 70.5 Å². The molecule has 1 heteroatoms. The Morgan fingerprint density at radius 1 is 1.00 bits per heavy atom. The Balaban J connectivity index is 0. The zero-order valence-electron chi connectivity index (χ0n) is 7.97. The van der Waals surface area contributed by atoms with E-state index in [0.717, 1.165) is 19.1 Å². The molecule has 0 saturated heterocycles. The molecule has 0 heterocycles. The summed E-state index contributed by atoms with van der Waals surface area (Å²) >= 11 is 0. The first-order chi connectivity index (χ1) is 5.33. The number of carbonyl (C=O) groups excluding carboxylic acids is 1. The number of allylic oxidation sites excluding steroid dienone is 2. The Morgan fingerprint density at radius 2 is 1.55 bits per heavy atom. The zero-order chi connectivity index (χ0) is 8.95. The van der Waals surface area contributed by atoms with Crippen LogP contribution in [0.2, 0.25) is 0 Å². The van der Waals surface area contributed by atoms with E-state index in [-0.39, 0.29) is 0 Å². The molecule has 0 radical (unpaired) electrons. The van der Waals surface area contributed by atoms with Crippen LogP contribution in [0.5, 0.6) is 0 Å². The van der Waals surface area contributed by atoms with Crippen molar-refractivity contribution in [1.29, 1.82) is 0 Å². The molecule has 0 aliphatic heterocycles. The van der Waals surface area contributed by atoms with E-state index in [1.165, 1.54) is 18.9 Å². The van der Waals surface area contributed by atoms with Gasteiger partial charge in [-0.3, -0.25) is 4.79 Å². The van der Waals surface area contributed by atoms with Crippen molar-refractivity contribution in [3.8, 4) is 0 Å². The van der Waals surface area contributed by atoms with Gasteiger partial charge in [0.25, 0.3) is 0 Å². The second-order valence-corrected chi connectivity index (χ2v) is 2.35. The third-order valence-corrected chi connectivity index (χ3v) is 1.17. The zero-order valence-corrected chi connectivity index (χ0v) is 7.97. The van der Waals surface area contributed by atoms with E-state index >= 15 is 0 Å². The largest absolute Gasteiger partial charge is 0.299 e. The van der Waals surface area contributed by atoms with Crippen LogP contribution in [0, 0.1) is 0 Å². The van der Waals surface area contributed by atoms with Gasteiger partial charge in [-0.05, 0) is 12.5 Å². The normalized spacial score (nSPS) is 9.00. The second kappa shape index (κ2) is 16.2. The van der Waals surface area contributed by atoms with Gasteiger partial charge < -0.3 is 0 Å². The van der Waals surface area contributed by atoms with Crippen LogP contribution in [0.15, 0.2) is 12.2 Å². The van der Waals surface area contributed by atoms with Gasteiger partial charge >= 0.3 is 0 Å². The van der Waals surface area contributed by atoms with Crippen LogP contribution in [0.1, 0.15) is 46.5 Å². The summed E-state index contributed by atoms with van der Waals surface area (Å²) in [6, 6.07) is 0. The first-order valence-electron chi connectivity index (χ1n) is 4.43. The maximum atomic E-state index is 9.59. The summed E-state index contributed by atoms with van der Waals surface area (Å²) in [4.78, 5) is 9.59.